The maximum absolute atomic E-state index is 6.01. The second-order valence-corrected chi connectivity index (χ2v) is 4.76. The molecule has 1 heterocycles. The van der Waals surface area contributed by atoms with Crippen LogP contribution in [-0.2, 0) is 6.54 Å². The van der Waals surface area contributed by atoms with Crippen LogP contribution in [0.5, 0.6) is 0 Å². The summed E-state index contributed by atoms with van der Waals surface area (Å²) in [5.74, 6) is 0. The first-order valence-corrected chi connectivity index (χ1v) is 5.95. The zero-order valence-corrected chi connectivity index (χ0v) is 10.0. The van der Waals surface area contributed by atoms with E-state index in [0.29, 0.717) is 10.0 Å². The first-order valence-electron chi connectivity index (χ1n) is 4.32. The Kier molecular flexibility index (Phi) is 3.46. The van der Waals surface area contributed by atoms with Crippen molar-refractivity contribution in [1.29, 1.82) is 0 Å². The summed E-state index contributed by atoms with van der Waals surface area (Å²) in [6.07, 6.45) is 1.83. The van der Waals surface area contributed by atoms with Crippen molar-refractivity contribution in [3.63, 3.8) is 0 Å². The average molecular weight is 259 g/mol. The van der Waals surface area contributed by atoms with Gasteiger partial charge < -0.3 is 5.32 Å². The molecule has 1 N–H and O–H groups in total. The van der Waals surface area contributed by atoms with E-state index in [4.69, 9.17) is 23.2 Å². The molecule has 5 heteroatoms. The molecule has 0 unspecified atom stereocenters. The molecule has 0 spiro atoms. The zero-order chi connectivity index (χ0) is 10.7. The lowest BCUT2D eigenvalue weighted by atomic mass is 10.3. The third kappa shape index (κ3) is 2.84. The minimum atomic E-state index is 0.631. The Morgan fingerprint density at radius 3 is 2.87 bits per heavy atom. The molecule has 0 radical (unpaired) electrons. The molecule has 0 saturated carbocycles. The van der Waals surface area contributed by atoms with Crippen LogP contribution >= 0.6 is 34.5 Å². The molecule has 2 nitrogen and oxygen atoms in total. The van der Waals surface area contributed by atoms with Crippen molar-refractivity contribution < 1.29 is 0 Å². The van der Waals surface area contributed by atoms with Crippen LogP contribution in [0.4, 0.5) is 5.69 Å². The Hall–Kier alpha value is -0.770. The summed E-state index contributed by atoms with van der Waals surface area (Å²) < 4.78 is 0. The summed E-state index contributed by atoms with van der Waals surface area (Å²) in [4.78, 5) is 5.16. The maximum Gasteiger partial charge on any atom is 0.0794 e. The number of halogens is 2. The van der Waals surface area contributed by atoms with E-state index in [0.717, 1.165) is 12.2 Å². The first-order chi connectivity index (χ1) is 7.25. The van der Waals surface area contributed by atoms with E-state index >= 15 is 0 Å². The molecule has 0 aliphatic heterocycles. The van der Waals surface area contributed by atoms with E-state index in [9.17, 15) is 0 Å². The maximum atomic E-state index is 6.01. The second-order valence-electron chi connectivity index (χ2n) is 2.95. The number of thiazole rings is 1. The van der Waals surface area contributed by atoms with Crippen molar-refractivity contribution in [1.82, 2.24) is 4.98 Å². The molecular weight excluding hydrogens is 251 g/mol. The van der Waals surface area contributed by atoms with Crippen LogP contribution in [-0.4, -0.2) is 4.98 Å². The van der Waals surface area contributed by atoms with Gasteiger partial charge in [-0.25, -0.2) is 0 Å². The number of hydrogen-bond donors (Lipinski definition) is 1. The highest BCUT2D eigenvalue weighted by molar-refractivity contribution is 7.09. The van der Waals surface area contributed by atoms with Crippen molar-refractivity contribution in [2.75, 3.05) is 5.32 Å². The lowest BCUT2D eigenvalue weighted by Gasteiger charge is -2.06. The summed E-state index contributed by atoms with van der Waals surface area (Å²) in [7, 11) is 0. The fourth-order valence-corrected chi connectivity index (χ4v) is 2.15. The molecular formula is C10H8Cl2N2S. The van der Waals surface area contributed by atoms with Crippen LogP contribution < -0.4 is 5.32 Å². The van der Waals surface area contributed by atoms with Gasteiger partial charge in [0.2, 0.25) is 0 Å². The highest BCUT2D eigenvalue weighted by Crippen LogP contribution is 2.25. The Morgan fingerprint density at radius 2 is 2.20 bits per heavy atom. The molecule has 0 atom stereocenters. The van der Waals surface area contributed by atoms with E-state index in [1.54, 1.807) is 22.9 Å². The number of hydrogen-bond acceptors (Lipinski definition) is 3. The number of nitrogens with zero attached hydrogens (tertiary/aromatic N) is 1. The Balaban J connectivity index is 2.05. The van der Waals surface area contributed by atoms with E-state index in [1.807, 2.05) is 18.3 Å². The SMILES string of the molecule is Clc1ccc(NCc2cncs2)c(Cl)c1. The topological polar surface area (TPSA) is 24.9 Å². The molecule has 0 aliphatic rings. The predicted molar refractivity (Wildman–Crippen MR) is 65.9 cm³/mol. The molecule has 15 heavy (non-hydrogen) atoms. The molecule has 2 rings (SSSR count). The summed E-state index contributed by atoms with van der Waals surface area (Å²) in [6.45, 7) is 0.728. The number of nitrogens with one attached hydrogen (secondary N) is 1. The smallest absolute Gasteiger partial charge is 0.0794 e. The van der Waals surface area contributed by atoms with E-state index in [1.165, 1.54) is 4.88 Å². The number of benzene rings is 1. The van der Waals surface area contributed by atoms with E-state index in [-0.39, 0.29) is 0 Å². The van der Waals surface area contributed by atoms with Gasteiger partial charge >= 0.3 is 0 Å². The first kappa shape index (κ1) is 10.7. The molecule has 78 valence electrons. The normalized spacial score (nSPS) is 10.3. The molecule has 1 aromatic carbocycles. The highest BCUT2D eigenvalue weighted by atomic mass is 35.5. The van der Waals surface area contributed by atoms with Gasteiger partial charge in [0.15, 0.2) is 0 Å². The molecule has 1 aromatic heterocycles. The lowest BCUT2D eigenvalue weighted by Crippen LogP contribution is -1.97. The highest BCUT2D eigenvalue weighted by Gasteiger charge is 2.01. The molecule has 0 fully saturated rings. The fourth-order valence-electron chi connectivity index (χ4n) is 1.14. The van der Waals surface area contributed by atoms with Crippen LogP contribution in [0.15, 0.2) is 29.9 Å². The van der Waals surface area contributed by atoms with Crippen LogP contribution in [0.2, 0.25) is 10.0 Å². The van der Waals surface area contributed by atoms with Gasteiger partial charge in [-0.15, -0.1) is 11.3 Å². The van der Waals surface area contributed by atoms with Gasteiger partial charge in [-0.05, 0) is 18.2 Å². The molecule has 0 bridgehead atoms. The van der Waals surface area contributed by atoms with Gasteiger partial charge in [0, 0.05) is 16.1 Å². The third-order valence-corrected chi connectivity index (χ3v) is 3.20. The van der Waals surface area contributed by atoms with Gasteiger partial charge in [0.25, 0.3) is 0 Å². The van der Waals surface area contributed by atoms with Crippen molar-refractivity contribution in [3.8, 4) is 0 Å². The Morgan fingerprint density at radius 1 is 1.33 bits per heavy atom. The third-order valence-electron chi connectivity index (χ3n) is 1.87. The number of aromatic nitrogens is 1. The van der Waals surface area contributed by atoms with Crippen molar-refractivity contribution in [2.45, 2.75) is 6.54 Å². The fraction of sp³-hybridized carbons (Fsp3) is 0.100. The van der Waals surface area contributed by atoms with Gasteiger partial charge in [-0.2, -0.15) is 0 Å². The average Bonchev–Trinajstić information content (AvgIpc) is 2.69. The van der Waals surface area contributed by atoms with Crippen LogP contribution in [0, 0.1) is 0 Å². The lowest BCUT2D eigenvalue weighted by molar-refractivity contribution is 1.17. The van der Waals surface area contributed by atoms with Gasteiger partial charge in [0.05, 0.1) is 22.8 Å². The quantitative estimate of drug-likeness (QED) is 0.898. The zero-order valence-electron chi connectivity index (χ0n) is 7.71. The molecule has 0 saturated heterocycles. The number of anilines is 1. The van der Waals surface area contributed by atoms with Gasteiger partial charge in [0.1, 0.15) is 0 Å². The standard InChI is InChI=1S/C10H8Cl2N2S/c11-7-1-2-10(9(12)3-7)14-5-8-4-13-6-15-8/h1-4,6,14H,5H2. The largest absolute Gasteiger partial charge is 0.379 e. The Bertz CT molecular complexity index is 443. The second kappa shape index (κ2) is 4.84. The summed E-state index contributed by atoms with van der Waals surface area (Å²) in [5.41, 5.74) is 2.69. The van der Waals surface area contributed by atoms with Gasteiger partial charge in [-0.3, -0.25) is 4.98 Å². The predicted octanol–water partition coefficient (Wildman–Crippen LogP) is 4.06. The van der Waals surface area contributed by atoms with Crippen LogP contribution in [0.3, 0.4) is 0 Å². The van der Waals surface area contributed by atoms with Crippen molar-refractivity contribution >= 4 is 40.2 Å². The summed E-state index contributed by atoms with van der Waals surface area (Å²) in [6, 6.07) is 5.40. The summed E-state index contributed by atoms with van der Waals surface area (Å²) >= 11 is 13.4. The van der Waals surface area contributed by atoms with Crippen molar-refractivity contribution in [2.24, 2.45) is 0 Å². The monoisotopic (exact) mass is 258 g/mol. The molecule has 0 aliphatic carbocycles. The number of rotatable bonds is 3. The van der Waals surface area contributed by atoms with Crippen molar-refractivity contribution in [3.05, 3.63) is 44.8 Å². The van der Waals surface area contributed by atoms with Gasteiger partial charge in [-0.1, -0.05) is 23.2 Å². The molecule has 2 aromatic rings. The van der Waals surface area contributed by atoms with Crippen LogP contribution in [0.1, 0.15) is 4.88 Å². The minimum Gasteiger partial charge on any atom is -0.379 e. The Labute approximate surface area is 102 Å². The minimum absolute atomic E-state index is 0.631. The summed E-state index contributed by atoms with van der Waals surface area (Å²) in [5, 5.41) is 4.50. The van der Waals surface area contributed by atoms with E-state index in [2.05, 4.69) is 10.3 Å². The molecule has 0 amide bonds. The van der Waals surface area contributed by atoms with Crippen LogP contribution in [0.25, 0.3) is 0 Å². The van der Waals surface area contributed by atoms with E-state index < -0.39 is 0 Å².